The summed E-state index contributed by atoms with van der Waals surface area (Å²) in [5.74, 6) is -0.00882. The largest absolute Gasteiger partial charge is 0.392 e. The van der Waals surface area contributed by atoms with Gasteiger partial charge in [-0.25, -0.2) is 0 Å². The third kappa shape index (κ3) is 2.46. The number of nitrogens with one attached hydrogen (secondary N) is 1. The van der Waals surface area contributed by atoms with Gasteiger partial charge in [-0.15, -0.1) is 5.10 Å². The summed E-state index contributed by atoms with van der Waals surface area (Å²) in [6, 6.07) is 0.0701. The van der Waals surface area contributed by atoms with Gasteiger partial charge in [-0.2, -0.15) is 0 Å². The Morgan fingerprint density at radius 1 is 1.65 bits per heavy atom. The Bertz CT molecular complexity index is 388. The van der Waals surface area contributed by atoms with Gasteiger partial charge in [-0.05, 0) is 6.42 Å². The standard InChI is InChI=1S/C11H18N4O2/c1-11(2)8(7-9(11)16)13-10(17)3-5-15-6-4-12-14-15/h4,6,8-9,16H,3,5,7H2,1-2H3,(H,13,17). The lowest BCUT2D eigenvalue weighted by atomic mass is 9.64. The van der Waals surface area contributed by atoms with Gasteiger partial charge < -0.3 is 10.4 Å². The topological polar surface area (TPSA) is 80.0 Å². The first-order valence-corrected chi connectivity index (χ1v) is 5.81. The fraction of sp³-hybridized carbons (Fsp3) is 0.727. The van der Waals surface area contributed by atoms with Gasteiger partial charge in [-0.1, -0.05) is 19.1 Å². The van der Waals surface area contributed by atoms with Crippen molar-refractivity contribution in [2.24, 2.45) is 5.41 Å². The molecule has 1 aliphatic rings. The van der Waals surface area contributed by atoms with Gasteiger partial charge in [-0.3, -0.25) is 9.48 Å². The minimum absolute atomic E-state index is 0.00882. The summed E-state index contributed by atoms with van der Waals surface area (Å²) in [6.45, 7) is 4.45. The van der Waals surface area contributed by atoms with E-state index in [0.717, 1.165) is 0 Å². The molecule has 0 radical (unpaired) electrons. The number of hydrogen-bond acceptors (Lipinski definition) is 4. The van der Waals surface area contributed by atoms with Crippen LogP contribution in [0.5, 0.6) is 0 Å². The molecule has 2 atom stereocenters. The van der Waals surface area contributed by atoms with Gasteiger partial charge in [0, 0.05) is 24.1 Å². The van der Waals surface area contributed by atoms with E-state index in [0.29, 0.717) is 19.4 Å². The van der Waals surface area contributed by atoms with E-state index in [1.165, 1.54) is 0 Å². The molecule has 17 heavy (non-hydrogen) atoms. The predicted octanol–water partition coefficient (Wildman–Crippen LogP) is -0.0562. The molecule has 1 aromatic rings. The van der Waals surface area contributed by atoms with Gasteiger partial charge in [0.2, 0.25) is 5.91 Å². The quantitative estimate of drug-likeness (QED) is 0.770. The van der Waals surface area contributed by atoms with E-state index in [1.807, 2.05) is 13.8 Å². The van der Waals surface area contributed by atoms with Gasteiger partial charge in [0.05, 0.1) is 18.8 Å². The zero-order chi connectivity index (χ0) is 12.5. The van der Waals surface area contributed by atoms with Crippen LogP contribution >= 0.6 is 0 Å². The summed E-state index contributed by atoms with van der Waals surface area (Å²) in [5.41, 5.74) is -0.219. The summed E-state index contributed by atoms with van der Waals surface area (Å²) >= 11 is 0. The molecule has 0 saturated heterocycles. The van der Waals surface area contributed by atoms with Crippen LogP contribution < -0.4 is 5.32 Å². The van der Waals surface area contributed by atoms with E-state index in [9.17, 15) is 9.90 Å². The van der Waals surface area contributed by atoms with Crippen LogP contribution in [-0.2, 0) is 11.3 Å². The molecule has 6 heteroatoms. The Labute approximate surface area is 100 Å². The SMILES string of the molecule is CC1(C)C(O)CC1NC(=O)CCn1ccnn1. The molecule has 1 aliphatic carbocycles. The molecule has 2 unspecified atom stereocenters. The number of hydrogen-bond donors (Lipinski definition) is 2. The second-order valence-corrected chi connectivity index (χ2v) is 5.11. The van der Waals surface area contributed by atoms with Gasteiger partial charge in [0.25, 0.3) is 0 Å². The van der Waals surface area contributed by atoms with Crippen LogP contribution in [0.15, 0.2) is 12.4 Å². The maximum absolute atomic E-state index is 11.7. The number of aliphatic hydroxyl groups excluding tert-OH is 1. The molecular weight excluding hydrogens is 220 g/mol. The summed E-state index contributed by atoms with van der Waals surface area (Å²) in [6.07, 6.45) is 4.02. The molecule has 1 fully saturated rings. The van der Waals surface area contributed by atoms with Gasteiger partial charge in [0.15, 0.2) is 0 Å². The Morgan fingerprint density at radius 2 is 2.41 bits per heavy atom. The third-order valence-corrected chi connectivity index (χ3v) is 3.59. The van der Waals surface area contributed by atoms with Crippen molar-refractivity contribution < 1.29 is 9.90 Å². The lowest BCUT2D eigenvalue weighted by Gasteiger charge is -2.49. The van der Waals surface area contributed by atoms with Crippen molar-refractivity contribution >= 4 is 5.91 Å². The average molecular weight is 238 g/mol. The van der Waals surface area contributed by atoms with Crippen LogP contribution in [0.2, 0.25) is 0 Å². The Morgan fingerprint density at radius 3 is 2.94 bits per heavy atom. The molecular formula is C11H18N4O2. The highest BCUT2D eigenvalue weighted by Gasteiger charge is 2.47. The van der Waals surface area contributed by atoms with Crippen LogP contribution in [0.4, 0.5) is 0 Å². The molecule has 1 heterocycles. The smallest absolute Gasteiger partial charge is 0.222 e. The van der Waals surface area contributed by atoms with E-state index >= 15 is 0 Å². The number of amides is 1. The molecule has 0 spiro atoms. The summed E-state index contributed by atoms with van der Waals surface area (Å²) in [4.78, 5) is 11.7. The lowest BCUT2D eigenvalue weighted by molar-refractivity contribution is -0.129. The number of aliphatic hydroxyl groups is 1. The van der Waals surface area contributed by atoms with Gasteiger partial charge in [0.1, 0.15) is 0 Å². The fourth-order valence-corrected chi connectivity index (χ4v) is 1.98. The zero-order valence-electron chi connectivity index (χ0n) is 10.1. The van der Waals surface area contributed by atoms with Crippen molar-refractivity contribution in [3.05, 3.63) is 12.4 Å². The maximum Gasteiger partial charge on any atom is 0.222 e. The predicted molar refractivity (Wildman–Crippen MR) is 61.0 cm³/mol. The number of carbonyl (C=O) groups excluding carboxylic acids is 1. The molecule has 1 amide bonds. The summed E-state index contributed by atoms with van der Waals surface area (Å²) in [5, 5.41) is 20.0. The minimum atomic E-state index is -0.317. The Hall–Kier alpha value is -1.43. The number of aromatic nitrogens is 3. The van der Waals surface area contributed by atoms with E-state index in [1.54, 1.807) is 17.1 Å². The first-order valence-electron chi connectivity index (χ1n) is 5.81. The fourth-order valence-electron chi connectivity index (χ4n) is 1.98. The van der Waals surface area contributed by atoms with E-state index in [4.69, 9.17) is 0 Å². The summed E-state index contributed by atoms with van der Waals surface area (Å²) in [7, 11) is 0. The van der Waals surface area contributed by atoms with Gasteiger partial charge >= 0.3 is 0 Å². The van der Waals surface area contributed by atoms with Crippen molar-refractivity contribution in [1.82, 2.24) is 20.3 Å². The normalized spacial score (nSPS) is 26.3. The molecule has 0 aliphatic heterocycles. The van der Waals surface area contributed by atoms with Crippen LogP contribution in [0, 0.1) is 5.41 Å². The average Bonchev–Trinajstić information content (AvgIpc) is 2.79. The van der Waals surface area contributed by atoms with Crippen LogP contribution in [0.3, 0.4) is 0 Å². The number of carbonyl (C=O) groups is 1. The number of aryl methyl sites for hydroxylation is 1. The van der Waals surface area contributed by atoms with Crippen molar-refractivity contribution in [2.75, 3.05) is 0 Å². The molecule has 0 aromatic carbocycles. The monoisotopic (exact) mass is 238 g/mol. The Balaban J connectivity index is 1.75. The van der Waals surface area contributed by atoms with Crippen LogP contribution in [0.1, 0.15) is 26.7 Å². The third-order valence-electron chi connectivity index (χ3n) is 3.59. The van der Waals surface area contributed by atoms with E-state index in [2.05, 4.69) is 15.6 Å². The second-order valence-electron chi connectivity index (χ2n) is 5.11. The second kappa shape index (κ2) is 4.44. The minimum Gasteiger partial charge on any atom is -0.392 e. The molecule has 6 nitrogen and oxygen atoms in total. The first kappa shape index (κ1) is 12.0. The van der Waals surface area contributed by atoms with Crippen molar-refractivity contribution in [3.8, 4) is 0 Å². The lowest BCUT2D eigenvalue weighted by Crippen LogP contribution is -2.61. The maximum atomic E-state index is 11.7. The van der Waals surface area contributed by atoms with Crippen LogP contribution in [0.25, 0.3) is 0 Å². The van der Waals surface area contributed by atoms with E-state index < -0.39 is 0 Å². The van der Waals surface area contributed by atoms with Crippen molar-refractivity contribution in [1.29, 1.82) is 0 Å². The highest BCUT2D eigenvalue weighted by Crippen LogP contribution is 2.40. The molecule has 94 valence electrons. The first-order chi connectivity index (χ1) is 8.00. The molecule has 0 bridgehead atoms. The molecule has 2 rings (SSSR count). The molecule has 1 aromatic heterocycles. The zero-order valence-corrected chi connectivity index (χ0v) is 10.1. The number of rotatable bonds is 4. The molecule has 2 N–H and O–H groups in total. The van der Waals surface area contributed by atoms with Crippen molar-refractivity contribution in [2.45, 2.75) is 45.4 Å². The van der Waals surface area contributed by atoms with E-state index in [-0.39, 0.29) is 23.5 Å². The highest BCUT2D eigenvalue weighted by molar-refractivity contribution is 5.76. The Kier molecular flexibility index (Phi) is 3.15. The molecule has 1 saturated carbocycles. The summed E-state index contributed by atoms with van der Waals surface area (Å²) < 4.78 is 1.63. The van der Waals surface area contributed by atoms with Crippen molar-refractivity contribution in [3.63, 3.8) is 0 Å². The number of nitrogens with zero attached hydrogens (tertiary/aromatic N) is 3. The van der Waals surface area contributed by atoms with Crippen LogP contribution in [-0.4, -0.2) is 38.2 Å². The highest BCUT2D eigenvalue weighted by atomic mass is 16.3.